The van der Waals surface area contributed by atoms with E-state index in [1.54, 1.807) is 18.4 Å². The molecule has 6 heterocycles. The predicted molar refractivity (Wildman–Crippen MR) is 562 cm³/mol. The normalized spacial score (nSPS) is 26.5. The lowest BCUT2D eigenvalue weighted by Gasteiger charge is -2.41. The first-order valence-electron chi connectivity index (χ1n) is 50.3. The second kappa shape index (κ2) is 45.2. The van der Waals surface area contributed by atoms with E-state index in [0.29, 0.717) is 143 Å². The van der Waals surface area contributed by atoms with Gasteiger partial charge in [-0.3, -0.25) is 19.2 Å². The highest BCUT2D eigenvalue weighted by Crippen LogP contribution is 2.56. The highest BCUT2D eigenvalue weighted by atomic mass is 32.1. The van der Waals surface area contributed by atoms with Crippen molar-refractivity contribution >= 4 is 69.6 Å². The number of carbonyl (C=O) groups excluding carboxylic acids is 4. The minimum absolute atomic E-state index is 0.0320. The lowest BCUT2D eigenvalue weighted by Crippen LogP contribution is -2.50. The maximum absolute atomic E-state index is 14.2. The first-order valence-corrected chi connectivity index (χ1v) is 51.2. The molecule has 0 radical (unpaired) electrons. The number of thiophene rings is 1. The second-order valence-electron chi connectivity index (χ2n) is 40.1. The highest BCUT2D eigenvalue weighted by Gasteiger charge is 2.60. The Labute approximate surface area is 837 Å². The summed E-state index contributed by atoms with van der Waals surface area (Å²) in [4.78, 5) is 80.1. The van der Waals surface area contributed by atoms with Crippen LogP contribution in [0.15, 0.2) is 327 Å². The van der Waals surface area contributed by atoms with Crippen molar-refractivity contribution in [2.75, 3.05) is 26.2 Å². The smallest absolute Gasteiger partial charge is 0.289 e. The number of furan rings is 1. The molecule has 16 N–H and O–H groups in total. The van der Waals surface area contributed by atoms with Crippen molar-refractivity contribution < 1.29 is 42.5 Å². The summed E-state index contributed by atoms with van der Waals surface area (Å²) in [6, 6.07) is 63.6. The van der Waals surface area contributed by atoms with Crippen LogP contribution in [-0.2, 0) is 71.3 Å². The summed E-state index contributed by atoms with van der Waals surface area (Å²) in [5.41, 5.74) is 52.0. The van der Waals surface area contributed by atoms with Gasteiger partial charge in [-0.15, -0.1) is 11.3 Å². The Hall–Kier alpha value is -13.5. The van der Waals surface area contributed by atoms with Crippen molar-refractivity contribution in [1.29, 1.82) is 0 Å². The van der Waals surface area contributed by atoms with Crippen molar-refractivity contribution in [1.82, 2.24) is 19.6 Å². The van der Waals surface area contributed by atoms with Crippen molar-refractivity contribution in [3.8, 4) is 0 Å². The molecule has 0 bridgehead atoms. The van der Waals surface area contributed by atoms with Crippen LogP contribution in [0.25, 0.3) is 10.8 Å². The molecule has 21 rings (SSSR count). The van der Waals surface area contributed by atoms with Crippen molar-refractivity contribution in [2.45, 2.75) is 202 Å². The molecule has 2 aromatic heterocycles. The van der Waals surface area contributed by atoms with Crippen molar-refractivity contribution in [3.63, 3.8) is 0 Å². The molecule has 25 nitrogen and oxygen atoms in total. The van der Waals surface area contributed by atoms with Crippen LogP contribution in [-0.4, -0.2) is 140 Å². The molecular formula is C116H134N16O9S. The Kier molecular flexibility index (Phi) is 31.4. The number of carbonyl (C=O) groups is 4. The Balaban J connectivity index is 0.000000125. The molecule has 16 unspecified atom stereocenters. The van der Waals surface area contributed by atoms with Crippen LogP contribution >= 0.6 is 11.3 Å². The van der Waals surface area contributed by atoms with E-state index in [0.717, 1.165) is 163 Å². The molecule has 0 spiro atoms. The van der Waals surface area contributed by atoms with Gasteiger partial charge in [0, 0.05) is 37.3 Å². The van der Waals surface area contributed by atoms with Crippen LogP contribution in [0.1, 0.15) is 188 Å². The number of ether oxygens (including phenoxy) is 4. The number of aliphatic imine (C=N–C) groups is 4. The van der Waals surface area contributed by atoms with E-state index in [4.69, 9.17) is 69.2 Å². The van der Waals surface area contributed by atoms with E-state index >= 15 is 0 Å². The summed E-state index contributed by atoms with van der Waals surface area (Å²) in [6.45, 7) is 6.06. The first kappa shape index (κ1) is 98.7. The molecule has 4 aliphatic heterocycles. The molecule has 9 aromatic rings. The molecule has 8 aliphatic carbocycles. The minimum Gasteiger partial charge on any atom is -0.459 e. The van der Waals surface area contributed by atoms with E-state index in [2.05, 4.69) is 166 Å². The molecular weight excluding hydrogens is 1790 g/mol. The van der Waals surface area contributed by atoms with Crippen LogP contribution in [0.4, 0.5) is 0 Å². The molecule has 4 amide bonds. The summed E-state index contributed by atoms with van der Waals surface area (Å²) in [5, 5.41) is 4.16. The van der Waals surface area contributed by atoms with Gasteiger partial charge in [-0.05, 0) is 253 Å². The molecule has 4 saturated heterocycles. The van der Waals surface area contributed by atoms with Gasteiger partial charge in [-0.1, -0.05) is 249 Å². The largest absolute Gasteiger partial charge is 0.459 e. The van der Waals surface area contributed by atoms with Crippen LogP contribution in [0.3, 0.4) is 0 Å². The minimum atomic E-state index is -0.369. The standard InChI is InChI=1S/C33H36N4O2.C29H34N4O2.C27H32N4O3.C27H32N4O2S/c34-32(35)36-20-23-12-14-24(15-13-23)21-37(31(38)27-17-16-25-7-1-2-8-26(25)19-27)22-33-18-6-5-10-29(33)28-9-3-4-11-30(28)39-33;30-28(31)32-18-21-13-15-22(16-14-21)19-33(27(34)23-8-2-1-3-9-23)20-29-17-7-6-11-25(29)24-10-4-5-12-26(24)35-29;28-26(29)30-16-19-10-12-20(13-11-19)17-31(25(32)24-9-5-15-33-24)18-27-14-4-3-7-22(27)21-6-1-2-8-23(21)34-27;28-26(29)30-16-19-10-12-20(13-11-19)17-31(25(32)24-9-5-15-34-24)18-27-14-4-3-7-22(27)21-6-1-2-8-23(21)33-27/h1-8,12-17,19,28-30H,9-11,18,20-22H2,(H4,34,35,36);1-9,13-16,24-26H,10-12,17-20H2,(H4,30,31,32);2*1-5,9-13,15,21-23H,6-8,14,16-18H2,(H4,28,29,30). The molecule has 142 heavy (non-hydrogen) atoms. The van der Waals surface area contributed by atoms with Gasteiger partial charge in [0.15, 0.2) is 29.6 Å². The quantitative estimate of drug-likeness (QED) is 0.0128. The van der Waals surface area contributed by atoms with Gasteiger partial charge in [-0.2, -0.15) is 0 Å². The van der Waals surface area contributed by atoms with E-state index in [-0.39, 0.29) is 94.3 Å². The molecule has 12 aliphatic rings. The van der Waals surface area contributed by atoms with Gasteiger partial charge in [0.2, 0.25) is 0 Å². The van der Waals surface area contributed by atoms with Crippen LogP contribution in [0.2, 0.25) is 0 Å². The van der Waals surface area contributed by atoms with E-state index in [1.165, 1.54) is 11.3 Å². The number of guanidine groups is 4. The van der Waals surface area contributed by atoms with Crippen molar-refractivity contribution in [2.24, 2.45) is 113 Å². The SMILES string of the molecule is NC(N)=NCc1ccc(CN(CC23CC=CCC2C2CC=CCC2O3)C(=O)c2ccc3ccccc3c2)cc1.NC(N)=NCc1ccc(CN(CC23CC=CCC2C2CC=CCC2O3)C(=O)c2ccccc2)cc1.NC(N)=NCc1ccc(CN(CC23CC=CCC2C2CC=CCC2O3)C(=O)c2ccco2)cc1.NC(N)=NCc1ccc(CN(CC23CC=CCC2C2CC=CCC2O3)C(=O)c2cccs2)cc1. The fraction of sp³-hybridized carbons (Fsp3) is 0.379. The fourth-order valence-corrected chi connectivity index (χ4v) is 24.7. The van der Waals surface area contributed by atoms with Gasteiger partial charge in [0.1, 0.15) is 0 Å². The molecule has 4 fully saturated rings. The number of benzene rings is 7. The summed E-state index contributed by atoms with van der Waals surface area (Å²) in [6.07, 6.45) is 54.3. The van der Waals surface area contributed by atoms with E-state index in [1.807, 2.05) is 158 Å². The average Bonchev–Trinajstić information content (AvgIpc) is 1.61. The first-order chi connectivity index (χ1) is 69.1. The number of nitrogens with zero attached hydrogens (tertiary/aromatic N) is 8. The Bertz CT molecular complexity index is 6060. The Morgan fingerprint density at radius 2 is 0.606 bits per heavy atom. The number of hydrogen-bond donors (Lipinski definition) is 8. The van der Waals surface area contributed by atoms with Crippen molar-refractivity contribution in [3.05, 3.63) is 369 Å². The zero-order valence-electron chi connectivity index (χ0n) is 80.9. The summed E-state index contributed by atoms with van der Waals surface area (Å²) < 4.78 is 32.9. The summed E-state index contributed by atoms with van der Waals surface area (Å²) >= 11 is 1.49. The fourth-order valence-electron chi connectivity index (χ4n) is 24.0. The van der Waals surface area contributed by atoms with Gasteiger partial charge < -0.3 is 88.8 Å². The second-order valence-corrected chi connectivity index (χ2v) is 41.1. The van der Waals surface area contributed by atoms with Crippen LogP contribution in [0, 0.1) is 47.3 Å². The molecule has 16 atom stereocenters. The number of fused-ring (bicyclic) bond motifs is 13. The Morgan fingerprint density at radius 1 is 0.296 bits per heavy atom. The third-order valence-corrected chi connectivity index (χ3v) is 31.8. The molecule has 738 valence electrons. The number of allylic oxidation sites excluding steroid dienone is 8. The number of rotatable bonds is 28. The maximum Gasteiger partial charge on any atom is 0.289 e. The van der Waals surface area contributed by atoms with Crippen LogP contribution in [0.5, 0.6) is 0 Å². The third kappa shape index (κ3) is 23.3. The monoisotopic (exact) mass is 1930 g/mol. The molecule has 26 heteroatoms. The van der Waals surface area contributed by atoms with Gasteiger partial charge in [-0.25, -0.2) is 20.0 Å². The van der Waals surface area contributed by atoms with Crippen LogP contribution < -0.4 is 45.9 Å². The topological polar surface area (TPSA) is 389 Å². The Morgan fingerprint density at radius 3 is 0.937 bits per heavy atom. The number of nitrogens with two attached hydrogens (primary N) is 8. The van der Waals surface area contributed by atoms with E-state index in [9.17, 15) is 19.2 Å². The lowest BCUT2D eigenvalue weighted by atomic mass is 9.70. The highest BCUT2D eigenvalue weighted by molar-refractivity contribution is 7.12. The molecule has 7 aromatic carbocycles. The average molecular weight is 1930 g/mol. The van der Waals surface area contributed by atoms with Gasteiger partial charge in [0.05, 0.1) is 110 Å². The zero-order valence-corrected chi connectivity index (χ0v) is 81.7. The third-order valence-electron chi connectivity index (χ3n) is 30.9. The lowest BCUT2D eigenvalue weighted by molar-refractivity contribution is -0.0744. The predicted octanol–water partition coefficient (Wildman–Crippen LogP) is 17.5. The summed E-state index contributed by atoms with van der Waals surface area (Å²) in [5.74, 6) is 4.42. The summed E-state index contributed by atoms with van der Waals surface area (Å²) in [7, 11) is 0. The zero-order chi connectivity index (χ0) is 98.2. The van der Waals surface area contributed by atoms with E-state index < -0.39 is 0 Å². The van der Waals surface area contributed by atoms with Gasteiger partial charge >= 0.3 is 0 Å². The maximum atomic E-state index is 14.2. The molecule has 0 saturated carbocycles. The number of hydrogen-bond acceptors (Lipinski definition) is 14. The number of amides is 4. The van der Waals surface area contributed by atoms with Gasteiger partial charge in [0.25, 0.3) is 23.6 Å².